The zero-order chi connectivity index (χ0) is 45.9. The van der Waals surface area contributed by atoms with Gasteiger partial charge in [0.1, 0.15) is 23.5 Å². The minimum atomic E-state index is -1.05. The first kappa shape index (κ1) is 46.4. The minimum absolute atomic E-state index is 0.0238. The average molecular weight is 877 g/mol. The van der Waals surface area contributed by atoms with Crippen LogP contribution >= 0.6 is 0 Å². The normalized spacial score (nSPS) is 20.9. The lowest BCUT2D eigenvalue weighted by molar-refractivity contribution is -0.155. The Hall–Kier alpha value is -5.64. The van der Waals surface area contributed by atoms with Crippen LogP contribution in [-0.4, -0.2) is 123 Å². The summed E-state index contributed by atoms with van der Waals surface area (Å²) < 4.78 is 13.9. The van der Waals surface area contributed by atoms with E-state index in [4.69, 9.17) is 14.5 Å². The number of rotatable bonds is 11. The number of fused-ring (bicyclic) bond motifs is 6. The Labute approximate surface area is 376 Å². The second-order valence-electron chi connectivity index (χ2n) is 18.8. The van der Waals surface area contributed by atoms with E-state index in [0.29, 0.717) is 68.9 Å². The number of nitrogens with zero attached hydrogens (tertiary/aromatic N) is 6. The van der Waals surface area contributed by atoms with Gasteiger partial charge in [-0.2, -0.15) is 0 Å². The molecule has 2 aromatic heterocycles. The summed E-state index contributed by atoms with van der Waals surface area (Å²) in [5.74, 6) is -1.17. The maximum Gasteiger partial charge on any atom is 0.324 e. The van der Waals surface area contributed by atoms with Crippen molar-refractivity contribution in [3.05, 3.63) is 78.3 Å². The van der Waals surface area contributed by atoms with Crippen LogP contribution in [0.2, 0.25) is 0 Å². The van der Waals surface area contributed by atoms with Crippen molar-refractivity contribution in [1.29, 1.82) is 0 Å². The molecule has 5 heterocycles. The van der Waals surface area contributed by atoms with E-state index in [1.807, 2.05) is 37.9 Å². The van der Waals surface area contributed by atoms with E-state index in [2.05, 4.69) is 59.8 Å². The number of benzene rings is 2. The van der Waals surface area contributed by atoms with E-state index in [9.17, 15) is 24.3 Å². The summed E-state index contributed by atoms with van der Waals surface area (Å²) in [4.78, 5) is 68.7. The van der Waals surface area contributed by atoms with Crippen molar-refractivity contribution in [2.45, 2.75) is 98.0 Å². The van der Waals surface area contributed by atoms with Crippen molar-refractivity contribution in [3.63, 3.8) is 0 Å². The van der Waals surface area contributed by atoms with Crippen LogP contribution in [0.5, 0.6) is 5.75 Å². The summed E-state index contributed by atoms with van der Waals surface area (Å²) in [6.07, 6.45) is 7.12. The maximum absolute atomic E-state index is 14.7. The molecule has 15 heteroatoms. The van der Waals surface area contributed by atoms with Crippen molar-refractivity contribution in [1.82, 2.24) is 40.1 Å². The fourth-order valence-electron chi connectivity index (χ4n) is 9.88. The molecule has 3 amide bonds. The fraction of sp³-hybridized carbons (Fsp3) is 0.510. The molecule has 6 bridgehead atoms. The molecule has 2 fully saturated rings. The first-order chi connectivity index (χ1) is 30.6. The van der Waals surface area contributed by atoms with Crippen molar-refractivity contribution < 1.29 is 33.8 Å². The predicted molar refractivity (Wildman–Crippen MR) is 245 cm³/mol. The third-order valence-corrected chi connectivity index (χ3v) is 12.8. The van der Waals surface area contributed by atoms with Crippen LogP contribution in [0, 0.1) is 17.3 Å². The number of amides is 3. The Morgan fingerprint density at radius 3 is 2.62 bits per heavy atom. The van der Waals surface area contributed by atoms with Crippen molar-refractivity contribution in [2.24, 2.45) is 17.3 Å². The van der Waals surface area contributed by atoms with E-state index in [0.717, 1.165) is 39.7 Å². The number of hydrogen-bond acceptors (Lipinski definition) is 11. The first-order valence-corrected chi connectivity index (χ1v) is 22.5. The van der Waals surface area contributed by atoms with Gasteiger partial charge in [-0.1, -0.05) is 46.4 Å². The van der Waals surface area contributed by atoms with Gasteiger partial charge < -0.3 is 29.4 Å². The summed E-state index contributed by atoms with van der Waals surface area (Å²) in [6.45, 7) is 17.0. The zero-order valence-corrected chi connectivity index (χ0v) is 38.4. The number of hydrogen-bond donors (Lipinski definition) is 3. The van der Waals surface area contributed by atoms with E-state index < -0.39 is 35.4 Å². The topological polar surface area (TPSA) is 171 Å². The van der Waals surface area contributed by atoms with Gasteiger partial charge in [-0.3, -0.25) is 39.1 Å². The van der Waals surface area contributed by atoms with E-state index in [-0.39, 0.29) is 49.0 Å². The highest BCUT2D eigenvalue weighted by molar-refractivity contribution is 5.95. The summed E-state index contributed by atoms with van der Waals surface area (Å²) in [5.41, 5.74) is 9.21. The minimum Gasteiger partial charge on any atom is -0.508 e. The third-order valence-electron chi connectivity index (χ3n) is 12.8. The van der Waals surface area contributed by atoms with Gasteiger partial charge >= 0.3 is 5.97 Å². The number of aromatic hydroxyl groups is 1. The fourth-order valence-corrected chi connectivity index (χ4v) is 9.88. The molecule has 4 aromatic rings. The number of nitrogens with one attached hydrogen (secondary N) is 2. The van der Waals surface area contributed by atoms with Crippen molar-refractivity contribution in [2.75, 3.05) is 46.9 Å². The molecule has 0 spiro atoms. The highest BCUT2D eigenvalue weighted by atomic mass is 16.5. The standard InChI is InChI=1S/C49H64N8O7/c1-9-42(59)55-19-15-31(27-55)26-54(7)44(30(3)4)46(60)52-39-22-32-20-34(23-35(58)21-32)33-13-14-41-36(24-33)37(45(56(41)10-2)43-40(28-63-8)50-16-17-51-43)25-49(5,6)29-64-48(62)38-12-11-18-57(53-38)47(39)61/h9,13-14,16-17,20-21,23-24,30-31,38-39,44,53,58H,1,10-12,15,18-19,22,25-29H2,2-8H3,(H,52,60)/t31-,38+,39+,44+/m1/s1. The lowest BCUT2D eigenvalue weighted by Crippen LogP contribution is -2.62. The number of hydrazine groups is 1. The molecule has 3 aliphatic rings. The highest BCUT2D eigenvalue weighted by Gasteiger charge is 2.38. The summed E-state index contributed by atoms with van der Waals surface area (Å²) in [7, 11) is 3.54. The number of cyclic esters (lactones) is 1. The van der Waals surface area contributed by atoms with Gasteiger partial charge in [-0.15, -0.1) is 0 Å². The number of likely N-dealkylation sites (tertiary alicyclic amines) is 1. The summed E-state index contributed by atoms with van der Waals surface area (Å²) >= 11 is 0. The second-order valence-corrected chi connectivity index (χ2v) is 18.8. The van der Waals surface area contributed by atoms with Gasteiger partial charge in [0.25, 0.3) is 5.91 Å². The smallest absolute Gasteiger partial charge is 0.324 e. The molecule has 0 saturated carbocycles. The molecule has 15 nitrogen and oxygen atoms in total. The molecule has 3 N–H and O–H groups in total. The van der Waals surface area contributed by atoms with Crippen LogP contribution in [-0.2, 0) is 54.6 Å². The van der Waals surface area contributed by atoms with Crippen LogP contribution in [0.3, 0.4) is 0 Å². The molecule has 2 aromatic carbocycles. The van der Waals surface area contributed by atoms with Crippen LogP contribution in [0.25, 0.3) is 33.4 Å². The number of carbonyl (C=O) groups excluding carboxylic acids is 4. The molecule has 64 heavy (non-hydrogen) atoms. The molecule has 2 saturated heterocycles. The first-order valence-electron chi connectivity index (χ1n) is 22.5. The van der Waals surface area contributed by atoms with Crippen molar-refractivity contribution >= 4 is 34.6 Å². The van der Waals surface area contributed by atoms with Crippen LogP contribution in [0.1, 0.15) is 70.7 Å². The van der Waals surface area contributed by atoms with Crippen molar-refractivity contribution in [3.8, 4) is 28.3 Å². The molecule has 3 aliphatic heterocycles. The Morgan fingerprint density at radius 2 is 1.89 bits per heavy atom. The maximum atomic E-state index is 14.7. The van der Waals surface area contributed by atoms with Gasteiger partial charge in [0.05, 0.1) is 30.6 Å². The average Bonchev–Trinajstić information content (AvgIpc) is 3.86. The third kappa shape index (κ3) is 10.0. The predicted octanol–water partition coefficient (Wildman–Crippen LogP) is 5.28. The molecule has 0 unspecified atom stereocenters. The number of aryl methyl sites for hydroxylation is 1. The van der Waals surface area contributed by atoms with Gasteiger partial charge in [-0.05, 0) is 104 Å². The van der Waals surface area contributed by atoms with Crippen LogP contribution in [0.4, 0.5) is 0 Å². The lowest BCUT2D eigenvalue weighted by atomic mass is 9.84. The highest BCUT2D eigenvalue weighted by Crippen LogP contribution is 2.41. The number of phenolic OH excluding ortho intramolecular Hbond substituents is 1. The Morgan fingerprint density at radius 1 is 1.11 bits per heavy atom. The molecular formula is C49H64N8O7. The monoisotopic (exact) mass is 876 g/mol. The number of carbonyl (C=O) groups is 4. The van der Waals surface area contributed by atoms with Gasteiger partial charge in [-0.25, -0.2) is 5.43 Å². The Bertz CT molecular complexity index is 2390. The van der Waals surface area contributed by atoms with Gasteiger partial charge in [0.15, 0.2) is 0 Å². The largest absolute Gasteiger partial charge is 0.508 e. The number of methoxy groups -OCH3 is 1. The SMILES string of the molecule is C=CC(=O)N1CC[C@H](CN(C)[C@H](C(=O)N[C@H]2Cc3cc(O)cc(c3)-c3ccc4c(c3)c(c(-c3nccnc3COC)n4CC)CC(C)(C)COC(=O)[C@@H]3CCCN(N3)C2=O)C(C)C)C1. The Balaban J connectivity index is 1.29. The number of esters is 1. The molecule has 4 atom stereocenters. The van der Waals surface area contributed by atoms with Crippen LogP contribution < -0.4 is 10.7 Å². The van der Waals surface area contributed by atoms with E-state index in [1.54, 1.807) is 36.5 Å². The molecular weight excluding hydrogens is 813 g/mol. The van der Waals surface area contributed by atoms with Gasteiger partial charge in [0, 0.05) is 75.0 Å². The summed E-state index contributed by atoms with van der Waals surface area (Å²) in [5, 5.41) is 16.8. The number of likely N-dealkylation sites (N-methyl/N-ethyl adjacent to an activating group) is 1. The number of phenols is 1. The molecule has 0 aliphatic carbocycles. The zero-order valence-electron chi connectivity index (χ0n) is 38.4. The lowest BCUT2D eigenvalue weighted by Gasteiger charge is -2.37. The summed E-state index contributed by atoms with van der Waals surface area (Å²) in [6, 6.07) is 9.13. The quantitative estimate of drug-likeness (QED) is 0.132. The van der Waals surface area contributed by atoms with Crippen LogP contribution in [0.15, 0.2) is 61.4 Å². The van der Waals surface area contributed by atoms with E-state index in [1.165, 1.54) is 11.1 Å². The second kappa shape index (κ2) is 19.6. The number of aromatic nitrogens is 3. The number of ether oxygens (including phenoxy) is 2. The van der Waals surface area contributed by atoms with E-state index >= 15 is 0 Å². The molecule has 7 rings (SSSR count). The Kier molecular flexibility index (Phi) is 14.2. The molecule has 0 radical (unpaired) electrons. The van der Waals surface area contributed by atoms with Gasteiger partial charge in [0.2, 0.25) is 11.8 Å². The molecule has 342 valence electrons.